The third-order valence-corrected chi connectivity index (χ3v) is 5.80. The second kappa shape index (κ2) is 8.35. The van der Waals surface area contributed by atoms with E-state index in [0.717, 1.165) is 18.5 Å². The van der Waals surface area contributed by atoms with Crippen LogP contribution in [0.15, 0.2) is 63.9 Å². The molecule has 1 aliphatic rings. The van der Waals surface area contributed by atoms with Crippen molar-refractivity contribution in [3.63, 3.8) is 0 Å². The molecule has 3 rings (SSSR count). The fraction of sp³-hybridized carbons (Fsp3) is 0.300. The maximum atomic E-state index is 12.4. The van der Waals surface area contributed by atoms with Gasteiger partial charge in [0.15, 0.2) is 0 Å². The van der Waals surface area contributed by atoms with Gasteiger partial charge in [0.25, 0.3) is 10.0 Å². The minimum absolute atomic E-state index is 0.109. The van der Waals surface area contributed by atoms with Gasteiger partial charge in [-0.2, -0.15) is 8.42 Å². The molecule has 142 valence electrons. The lowest BCUT2D eigenvalue weighted by Gasteiger charge is -2.11. The molecular formula is C20H23N3O3S. The molecule has 6 nitrogen and oxygen atoms in total. The first-order chi connectivity index (χ1) is 12.9. The van der Waals surface area contributed by atoms with Crippen molar-refractivity contribution in [1.82, 2.24) is 4.90 Å². The lowest BCUT2D eigenvalue weighted by atomic mass is 10.1. The molecule has 27 heavy (non-hydrogen) atoms. The van der Waals surface area contributed by atoms with Gasteiger partial charge in [0.2, 0.25) is 5.91 Å². The van der Waals surface area contributed by atoms with Gasteiger partial charge in [0.1, 0.15) is 5.84 Å². The van der Waals surface area contributed by atoms with E-state index in [1.54, 1.807) is 12.1 Å². The number of nitrogens with one attached hydrogen (secondary N) is 1. The average molecular weight is 385 g/mol. The highest BCUT2D eigenvalue weighted by molar-refractivity contribution is 7.90. The number of rotatable bonds is 6. The molecule has 1 N–H and O–H groups in total. The largest absolute Gasteiger partial charge is 0.362 e. The van der Waals surface area contributed by atoms with Crippen LogP contribution in [0, 0.1) is 0 Å². The molecule has 7 heteroatoms. The van der Waals surface area contributed by atoms with Crippen LogP contribution < -0.4 is 5.32 Å². The molecule has 1 saturated heterocycles. The summed E-state index contributed by atoms with van der Waals surface area (Å²) in [4.78, 5) is 14.1. The maximum Gasteiger partial charge on any atom is 0.283 e. The van der Waals surface area contributed by atoms with E-state index in [1.165, 1.54) is 12.1 Å². The Morgan fingerprint density at radius 1 is 1.11 bits per heavy atom. The van der Waals surface area contributed by atoms with Crippen LogP contribution in [-0.4, -0.2) is 38.7 Å². The lowest BCUT2D eigenvalue weighted by molar-refractivity contribution is -0.116. The molecule has 0 unspecified atom stereocenters. The van der Waals surface area contributed by atoms with E-state index in [9.17, 15) is 13.2 Å². The zero-order valence-electron chi connectivity index (χ0n) is 15.3. The topological polar surface area (TPSA) is 78.8 Å². The molecule has 0 atom stereocenters. The van der Waals surface area contributed by atoms with Gasteiger partial charge in [-0.3, -0.25) is 4.79 Å². The number of nitrogens with zero attached hydrogens (tertiary/aromatic N) is 2. The summed E-state index contributed by atoms with van der Waals surface area (Å²) >= 11 is 0. The van der Waals surface area contributed by atoms with Gasteiger partial charge in [-0.25, -0.2) is 0 Å². The predicted molar refractivity (Wildman–Crippen MR) is 106 cm³/mol. The first kappa shape index (κ1) is 19.1. The summed E-state index contributed by atoms with van der Waals surface area (Å²) in [5.41, 5.74) is 1.67. The number of amidine groups is 1. The lowest BCUT2D eigenvalue weighted by Crippen LogP contribution is -2.20. The second-order valence-corrected chi connectivity index (χ2v) is 8.17. The molecule has 1 amide bonds. The molecule has 1 fully saturated rings. The molecule has 0 spiro atoms. The van der Waals surface area contributed by atoms with Crippen molar-refractivity contribution in [2.75, 3.05) is 18.9 Å². The third kappa shape index (κ3) is 5.17. The van der Waals surface area contributed by atoms with E-state index in [-0.39, 0.29) is 10.8 Å². The molecule has 1 heterocycles. The predicted octanol–water partition coefficient (Wildman–Crippen LogP) is 3.07. The number of hydrogen-bond acceptors (Lipinski definition) is 3. The highest BCUT2D eigenvalue weighted by atomic mass is 32.2. The Morgan fingerprint density at radius 2 is 1.81 bits per heavy atom. The Balaban J connectivity index is 1.60. The SMILES string of the molecule is CN1CCCC1=NS(=O)(=O)c1ccc(NC(=O)CCc2ccccc2)cc1. The molecule has 0 aromatic heterocycles. The normalized spacial score (nSPS) is 15.9. The molecule has 0 saturated carbocycles. The van der Waals surface area contributed by atoms with E-state index < -0.39 is 10.0 Å². The smallest absolute Gasteiger partial charge is 0.283 e. The summed E-state index contributed by atoms with van der Waals surface area (Å²) in [7, 11) is -1.89. The van der Waals surface area contributed by atoms with Crippen LogP contribution in [0.5, 0.6) is 0 Å². The van der Waals surface area contributed by atoms with Crippen LogP contribution in [-0.2, 0) is 21.2 Å². The number of benzene rings is 2. The average Bonchev–Trinajstić information content (AvgIpc) is 3.05. The zero-order valence-corrected chi connectivity index (χ0v) is 16.1. The van der Waals surface area contributed by atoms with Gasteiger partial charge in [-0.05, 0) is 42.7 Å². The monoisotopic (exact) mass is 385 g/mol. The number of amides is 1. The van der Waals surface area contributed by atoms with Crippen LogP contribution in [0.25, 0.3) is 0 Å². The van der Waals surface area contributed by atoms with Crippen LogP contribution in [0.1, 0.15) is 24.8 Å². The summed E-state index contributed by atoms with van der Waals surface area (Å²) < 4.78 is 28.8. The minimum atomic E-state index is -3.73. The van der Waals surface area contributed by atoms with E-state index in [1.807, 2.05) is 42.3 Å². The quantitative estimate of drug-likeness (QED) is 0.829. The van der Waals surface area contributed by atoms with Gasteiger partial charge in [0, 0.05) is 32.1 Å². The Labute approximate surface area is 160 Å². The van der Waals surface area contributed by atoms with Gasteiger partial charge in [-0.1, -0.05) is 30.3 Å². The number of carbonyl (C=O) groups is 1. The third-order valence-electron chi connectivity index (χ3n) is 4.48. The van der Waals surface area contributed by atoms with Crippen LogP contribution in [0.3, 0.4) is 0 Å². The number of hydrogen-bond donors (Lipinski definition) is 1. The first-order valence-corrected chi connectivity index (χ1v) is 10.4. The van der Waals surface area contributed by atoms with Crippen molar-refractivity contribution >= 4 is 27.5 Å². The molecule has 0 radical (unpaired) electrons. The summed E-state index contributed by atoms with van der Waals surface area (Å²) in [5.74, 6) is 0.482. The Morgan fingerprint density at radius 3 is 2.44 bits per heavy atom. The van der Waals surface area contributed by atoms with Crippen LogP contribution in [0.4, 0.5) is 5.69 Å². The highest BCUT2D eigenvalue weighted by Crippen LogP contribution is 2.19. The van der Waals surface area contributed by atoms with Gasteiger partial charge in [-0.15, -0.1) is 4.40 Å². The van der Waals surface area contributed by atoms with Crippen molar-refractivity contribution in [3.05, 3.63) is 60.2 Å². The summed E-state index contributed by atoms with van der Waals surface area (Å²) in [6, 6.07) is 15.9. The number of aryl methyl sites for hydroxylation is 1. The van der Waals surface area contributed by atoms with E-state index in [4.69, 9.17) is 0 Å². The Kier molecular flexibility index (Phi) is 5.91. The van der Waals surface area contributed by atoms with Gasteiger partial charge in [0.05, 0.1) is 4.90 Å². The number of anilines is 1. The van der Waals surface area contributed by atoms with E-state index in [2.05, 4.69) is 9.71 Å². The molecule has 2 aromatic carbocycles. The molecule has 0 aliphatic carbocycles. The molecular weight excluding hydrogens is 362 g/mol. The fourth-order valence-corrected chi connectivity index (χ4v) is 4.03. The van der Waals surface area contributed by atoms with Crippen LogP contribution in [0.2, 0.25) is 0 Å². The van der Waals surface area contributed by atoms with Crippen molar-refractivity contribution in [2.45, 2.75) is 30.6 Å². The van der Waals surface area contributed by atoms with Gasteiger partial charge >= 0.3 is 0 Å². The number of likely N-dealkylation sites (tertiary alicyclic amines) is 1. The number of carbonyl (C=O) groups excluding carboxylic acids is 1. The molecule has 2 aromatic rings. The summed E-state index contributed by atoms with van der Waals surface area (Å²) in [6.07, 6.45) is 2.61. The van der Waals surface area contributed by atoms with Gasteiger partial charge < -0.3 is 10.2 Å². The Hall–Kier alpha value is -2.67. The fourth-order valence-electron chi connectivity index (χ4n) is 2.94. The second-order valence-electron chi connectivity index (χ2n) is 6.57. The number of sulfonamides is 1. The summed E-state index contributed by atoms with van der Waals surface area (Å²) in [6.45, 7) is 0.822. The minimum Gasteiger partial charge on any atom is -0.362 e. The van der Waals surface area contributed by atoms with Crippen LogP contribution >= 0.6 is 0 Å². The molecule has 0 bridgehead atoms. The van der Waals surface area contributed by atoms with Crippen molar-refractivity contribution in [2.24, 2.45) is 4.40 Å². The van der Waals surface area contributed by atoms with Crippen molar-refractivity contribution in [3.8, 4) is 0 Å². The maximum absolute atomic E-state index is 12.4. The zero-order chi connectivity index (χ0) is 19.3. The standard InChI is InChI=1S/C20H23N3O3S/c1-23-15-5-8-19(23)22-27(25,26)18-12-10-17(11-13-18)21-20(24)14-9-16-6-3-2-4-7-16/h2-4,6-7,10-13H,5,8-9,14-15H2,1H3,(H,21,24). The van der Waals surface area contributed by atoms with E-state index in [0.29, 0.717) is 30.8 Å². The Bertz CT molecular complexity index is 923. The molecule has 1 aliphatic heterocycles. The van der Waals surface area contributed by atoms with Crippen molar-refractivity contribution in [1.29, 1.82) is 0 Å². The highest BCUT2D eigenvalue weighted by Gasteiger charge is 2.20. The summed E-state index contributed by atoms with van der Waals surface area (Å²) in [5, 5.41) is 2.79. The first-order valence-electron chi connectivity index (χ1n) is 8.93. The van der Waals surface area contributed by atoms with E-state index >= 15 is 0 Å². The van der Waals surface area contributed by atoms with Crippen molar-refractivity contribution < 1.29 is 13.2 Å².